The number of ether oxygens (including phenoxy) is 2. The number of nitrogens with one attached hydrogen (secondary N) is 1. The van der Waals surface area contributed by atoms with Crippen LogP contribution in [-0.2, 0) is 9.59 Å². The normalized spacial score (nSPS) is 11.3. The molecule has 2 aromatic rings. The summed E-state index contributed by atoms with van der Waals surface area (Å²) in [5, 5.41) is 14.6. The van der Waals surface area contributed by atoms with Crippen molar-refractivity contribution in [1.29, 1.82) is 0 Å². The van der Waals surface area contributed by atoms with Gasteiger partial charge in [0.15, 0.2) is 6.61 Å². The van der Waals surface area contributed by atoms with E-state index in [0.29, 0.717) is 22.8 Å². The third-order valence-electron chi connectivity index (χ3n) is 4.11. The number of carbonyl (C=O) groups excluding carboxylic acids is 2. The van der Waals surface area contributed by atoms with Gasteiger partial charge in [-0.25, -0.2) is 5.43 Å². The Morgan fingerprint density at radius 3 is 2.55 bits per heavy atom. The van der Waals surface area contributed by atoms with Gasteiger partial charge in [0.05, 0.1) is 11.7 Å². The van der Waals surface area contributed by atoms with Crippen molar-refractivity contribution >= 4 is 17.6 Å². The van der Waals surface area contributed by atoms with Crippen LogP contribution in [-0.4, -0.2) is 30.8 Å². The Hall–Kier alpha value is -3.35. The van der Waals surface area contributed by atoms with Crippen molar-refractivity contribution in [3.8, 4) is 11.5 Å². The molecule has 154 valence electrons. The quantitative estimate of drug-likeness (QED) is 0.516. The lowest BCUT2D eigenvalue weighted by Crippen LogP contribution is -2.29. The first-order valence-electron chi connectivity index (χ1n) is 9.26. The molecule has 29 heavy (non-hydrogen) atoms. The molecule has 0 fully saturated rings. The molecule has 0 atom stereocenters. The first kappa shape index (κ1) is 21.9. The van der Waals surface area contributed by atoms with Gasteiger partial charge in [0.25, 0.3) is 5.91 Å². The Morgan fingerprint density at radius 2 is 1.86 bits per heavy atom. The van der Waals surface area contributed by atoms with E-state index in [1.54, 1.807) is 31.2 Å². The van der Waals surface area contributed by atoms with Gasteiger partial charge in [-0.1, -0.05) is 38.1 Å². The van der Waals surface area contributed by atoms with Crippen molar-refractivity contribution in [2.75, 3.05) is 13.2 Å². The summed E-state index contributed by atoms with van der Waals surface area (Å²) in [5.41, 5.74) is 5.78. The summed E-state index contributed by atoms with van der Waals surface area (Å²) < 4.78 is 10.8. The molecule has 0 saturated heterocycles. The van der Waals surface area contributed by atoms with Crippen molar-refractivity contribution in [3.05, 3.63) is 59.2 Å². The van der Waals surface area contributed by atoms with E-state index >= 15 is 0 Å². The Balaban J connectivity index is 1.96. The second kappa shape index (κ2) is 10.3. The number of hydrogen-bond acceptors (Lipinski definition) is 6. The number of aryl methyl sites for hydroxylation is 1. The molecule has 0 aromatic heterocycles. The smallest absolute Gasteiger partial charge is 0.277 e. The molecule has 7 nitrogen and oxygen atoms in total. The Labute approximate surface area is 170 Å². The van der Waals surface area contributed by atoms with Gasteiger partial charge >= 0.3 is 0 Å². The minimum atomic E-state index is -1.30. The molecule has 0 unspecified atom stereocenters. The highest BCUT2D eigenvalue weighted by molar-refractivity contribution is 5.99. The Bertz CT molecular complexity index is 906. The van der Waals surface area contributed by atoms with Crippen LogP contribution >= 0.6 is 0 Å². The minimum absolute atomic E-state index is 0.158. The number of benzene rings is 2. The summed E-state index contributed by atoms with van der Waals surface area (Å²) in [4.78, 5) is 22.6. The molecule has 2 aromatic carbocycles. The zero-order valence-electron chi connectivity index (χ0n) is 17.0. The fraction of sp³-hybridized carbons (Fsp3) is 0.318. The van der Waals surface area contributed by atoms with E-state index in [1.807, 2.05) is 25.1 Å². The molecule has 0 heterocycles. The summed E-state index contributed by atoms with van der Waals surface area (Å²) in [6.45, 7) is 7.12. The van der Waals surface area contributed by atoms with Gasteiger partial charge in [-0.15, -0.1) is 0 Å². The van der Waals surface area contributed by atoms with Crippen LogP contribution in [0.2, 0.25) is 0 Å². The van der Waals surface area contributed by atoms with Crippen molar-refractivity contribution in [2.24, 2.45) is 5.10 Å². The second-order valence-corrected chi connectivity index (χ2v) is 6.91. The molecule has 0 aliphatic carbocycles. The van der Waals surface area contributed by atoms with Crippen LogP contribution in [0.4, 0.5) is 0 Å². The molecule has 7 heteroatoms. The van der Waals surface area contributed by atoms with Gasteiger partial charge in [0.2, 0.25) is 0 Å². The number of nitrogens with zero attached hydrogens (tertiary/aromatic N) is 1. The molecule has 0 radical (unpaired) electrons. The zero-order valence-corrected chi connectivity index (χ0v) is 17.0. The number of carbonyl (C=O) groups is 2. The molecule has 0 aliphatic rings. The Kier molecular flexibility index (Phi) is 7.77. The van der Waals surface area contributed by atoms with Gasteiger partial charge in [0, 0.05) is 5.56 Å². The first-order chi connectivity index (χ1) is 13.8. The Morgan fingerprint density at radius 1 is 1.10 bits per heavy atom. The van der Waals surface area contributed by atoms with E-state index in [2.05, 4.69) is 24.4 Å². The highest BCUT2D eigenvalue weighted by Gasteiger charge is 2.10. The fourth-order valence-electron chi connectivity index (χ4n) is 2.58. The molecule has 1 amide bonds. The summed E-state index contributed by atoms with van der Waals surface area (Å²) in [6, 6.07) is 12.7. The van der Waals surface area contributed by atoms with Crippen LogP contribution in [0.5, 0.6) is 11.5 Å². The standard InChI is InChI=1S/C22H26N2O5/c1-14(2)19-9-8-15(3)10-20(19)29-12-21(25)24-23-16(4)17-6-5-7-18(11-17)28-13-22(26)27/h5-11,14H,12-13H2,1-4H3,(H,24,25)(H,26,27)/p-1/b23-16-. The van der Waals surface area contributed by atoms with Crippen molar-refractivity contribution < 1.29 is 24.2 Å². The maximum atomic E-state index is 12.1. The van der Waals surface area contributed by atoms with Gasteiger partial charge < -0.3 is 19.4 Å². The summed E-state index contributed by atoms with van der Waals surface area (Å²) >= 11 is 0. The zero-order chi connectivity index (χ0) is 21.4. The van der Waals surface area contributed by atoms with Gasteiger partial charge in [-0.3, -0.25) is 4.79 Å². The van der Waals surface area contributed by atoms with E-state index in [0.717, 1.165) is 11.1 Å². The lowest BCUT2D eigenvalue weighted by molar-refractivity contribution is -0.307. The van der Waals surface area contributed by atoms with Crippen LogP contribution in [0.25, 0.3) is 0 Å². The third-order valence-corrected chi connectivity index (χ3v) is 4.11. The van der Waals surface area contributed by atoms with Crippen molar-refractivity contribution in [1.82, 2.24) is 5.43 Å². The van der Waals surface area contributed by atoms with Gasteiger partial charge in [-0.05, 0) is 49.1 Å². The van der Waals surface area contributed by atoms with Gasteiger partial charge in [-0.2, -0.15) is 5.10 Å². The first-order valence-corrected chi connectivity index (χ1v) is 9.26. The maximum Gasteiger partial charge on any atom is 0.277 e. The van der Waals surface area contributed by atoms with Crippen LogP contribution in [0.15, 0.2) is 47.6 Å². The van der Waals surface area contributed by atoms with Crippen LogP contribution < -0.4 is 20.0 Å². The SMILES string of the molecule is C/C(=N/NC(=O)COc1cc(C)ccc1C(C)C)c1cccc(OCC(=O)[O-])c1. The van der Waals surface area contributed by atoms with E-state index in [9.17, 15) is 14.7 Å². The van der Waals surface area contributed by atoms with Crippen molar-refractivity contribution in [2.45, 2.75) is 33.6 Å². The largest absolute Gasteiger partial charge is 0.546 e. The number of hydrazone groups is 1. The maximum absolute atomic E-state index is 12.1. The molecule has 0 spiro atoms. The fourth-order valence-corrected chi connectivity index (χ4v) is 2.58. The van der Waals surface area contributed by atoms with E-state index in [1.165, 1.54) is 0 Å². The lowest BCUT2D eigenvalue weighted by atomic mass is 10.0. The number of carboxylic acid groups (broad SMARTS) is 1. The minimum Gasteiger partial charge on any atom is -0.546 e. The number of carboxylic acids is 1. The summed E-state index contributed by atoms with van der Waals surface area (Å²) in [6.07, 6.45) is 0. The van der Waals surface area contributed by atoms with Crippen LogP contribution in [0.1, 0.15) is 43.4 Å². The highest BCUT2D eigenvalue weighted by Crippen LogP contribution is 2.27. The summed E-state index contributed by atoms with van der Waals surface area (Å²) in [5.74, 6) is -0.349. The third kappa shape index (κ3) is 6.95. The molecule has 1 N–H and O–H groups in total. The topological polar surface area (TPSA) is 100 Å². The second-order valence-electron chi connectivity index (χ2n) is 6.91. The number of hydrogen-bond donors (Lipinski definition) is 1. The molecule has 0 bridgehead atoms. The van der Waals surface area contributed by atoms with E-state index in [-0.39, 0.29) is 18.4 Å². The lowest BCUT2D eigenvalue weighted by Gasteiger charge is -2.14. The molecule has 0 saturated carbocycles. The highest BCUT2D eigenvalue weighted by atomic mass is 16.5. The molecular weight excluding hydrogens is 372 g/mol. The predicted molar refractivity (Wildman–Crippen MR) is 108 cm³/mol. The molecular formula is C22H25N2O5-. The number of rotatable bonds is 9. The average Bonchev–Trinajstić information content (AvgIpc) is 2.68. The monoisotopic (exact) mass is 397 g/mol. The van der Waals surface area contributed by atoms with Crippen LogP contribution in [0, 0.1) is 6.92 Å². The predicted octanol–water partition coefficient (Wildman–Crippen LogP) is 2.17. The molecule has 0 aliphatic heterocycles. The van der Waals surface area contributed by atoms with Crippen LogP contribution in [0.3, 0.4) is 0 Å². The average molecular weight is 397 g/mol. The van der Waals surface area contributed by atoms with E-state index < -0.39 is 12.6 Å². The van der Waals surface area contributed by atoms with Gasteiger partial charge in [0.1, 0.15) is 18.1 Å². The summed E-state index contributed by atoms with van der Waals surface area (Å²) in [7, 11) is 0. The van der Waals surface area contributed by atoms with Crippen molar-refractivity contribution in [3.63, 3.8) is 0 Å². The number of amides is 1. The number of aliphatic carboxylic acids is 1. The molecule has 2 rings (SSSR count). The van der Waals surface area contributed by atoms with E-state index in [4.69, 9.17) is 9.47 Å².